The van der Waals surface area contributed by atoms with Crippen LogP contribution in [0.2, 0.25) is 0 Å². The summed E-state index contributed by atoms with van der Waals surface area (Å²) in [6, 6.07) is 0. The van der Waals surface area contributed by atoms with E-state index in [0.29, 0.717) is 13.2 Å². The van der Waals surface area contributed by atoms with Gasteiger partial charge in [-0.3, -0.25) is 0 Å². The summed E-state index contributed by atoms with van der Waals surface area (Å²) in [6.07, 6.45) is 12.0. The second-order valence-electron chi connectivity index (χ2n) is 10.0. The number of hydrogen-bond donors (Lipinski definition) is 0. The van der Waals surface area contributed by atoms with Crippen LogP contribution < -0.4 is 0 Å². The average Bonchev–Trinajstić information content (AvgIpc) is 2.79. The molecule has 0 aromatic carbocycles. The highest BCUT2D eigenvalue weighted by molar-refractivity contribution is 4.92. The predicted molar refractivity (Wildman–Crippen MR) is 133 cm³/mol. The zero-order chi connectivity index (χ0) is 24.5. The van der Waals surface area contributed by atoms with E-state index in [-0.39, 0.29) is 24.4 Å². The van der Waals surface area contributed by atoms with Crippen molar-refractivity contribution in [2.24, 2.45) is 0 Å². The molecule has 1 saturated heterocycles. The van der Waals surface area contributed by atoms with Gasteiger partial charge in [-0.15, -0.1) is 0 Å². The average molecular weight is 477 g/mol. The second-order valence-corrected chi connectivity index (χ2v) is 10.0. The standard InChI is InChI=1S/C26H54NO6/c1-8-9-10-11-12-13-14-15-16-17-18-27(2,3)19-20-32-26-25(31-7)24(30-6)23(29-5)22(33-26)21-28-4/h22-26H,8-21H2,1-7H3/q+1. The van der Waals surface area contributed by atoms with Crippen molar-refractivity contribution in [1.29, 1.82) is 0 Å². The molecule has 1 fully saturated rings. The van der Waals surface area contributed by atoms with Gasteiger partial charge in [0.1, 0.15) is 31.0 Å². The Bertz CT molecular complexity index is 464. The number of ether oxygens (including phenoxy) is 6. The minimum atomic E-state index is -0.510. The van der Waals surface area contributed by atoms with Gasteiger partial charge in [-0.1, -0.05) is 58.3 Å². The first kappa shape index (κ1) is 30.8. The molecule has 198 valence electrons. The van der Waals surface area contributed by atoms with Crippen molar-refractivity contribution in [3.63, 3.8) is 0 Å². The Kier molecular flexibility index (Phi) is 16.8. The Morgan fingerprint density at radius 2 is 1.21 bits per heavy atom. The van der Waals surface area contributed by atoms with Crippen molar-refractivity contribution < 1.29 is 32.9 Å². The minimum Gasteiger partial charge on any atom is -0.382 e. The Hall–Kier alpha value is -0.280. The first-order chi connectivity index (χ1) is 15.9. The number of hydrogen-bond acceptors (Lipinski definition) is 6. The van der Waals surface area contributed by atoms with E-state index in [9.17, 15) is 0 Å². The van der Waals surface area contributed by atoms with Crippen molar-refractivity contribution in [2.45, 2.75) is 102 Å². The summed E-state index contributed by atoms with van der Waals surface area (Å²) in [5.41, 5.74) is 0. The van der Waals surface area contributed by atoms with E-state index in [1.165, 1.54) is 64.2 Å². The van der Waals surface area contributed by atoms with Gasteiger partial charge in [-0.2, -0.15) is 0 Å². The monoisotopic (exact) mass is 476 g/mol. The zero-order valence-electron chi connectivity index (χ0n) is 22.7. The maximum absolute atomic E-state index is 6.17. The Morgan fingerprint density at radius 3 is 1.73 bits per heavy atom. The molecule has 1 rings (SSSR count). The van der Waals surface area contributed by atoms with E-state index in [1.54, 1.807) is 28.4 Å². The first-order valence-electron chi connectivity index (χ1n) is 13.1. The molecular formula is C26H54NO6+. The molecule has 1 aliphatic heterocycles. The van der Waals surface area contributed by atoms with Crippen LogP contribution >= 0.6 is 0 Å². The molecule has 0 aromatic heterocycles. The molecule has 7 nitrogen and oxygen atoms in total. The summed E-state index contributed by atoms with van der Waals surface area (Å²) in [5.74, 6) is 0. The Balaban J connectivity index is 2.33. The minimum absolute atomic E-state index is 0.268. The molecule has 5 atom stereocenters. The van der Waals surface area contributed by atoms with E-state index in [4.69, 9.17) is 28.4 Å². The number of nitrogens with zero attached hydrogens (tertiary/aromatic N) is 1. The third-order valence-electron chi connectivity index (χ3n) is 6.83. The van der Waals surface area contributed by atoms with Crippen molar-refractivity contribution in [3.8, 4) is 0 Å². The van der Waals surface area contributed by atoms with Gasteiger partial charge in [-0.05, 0) is 12.8 Å². The van der Waals surface area contributed by atoms with Gasteiger partial charge in [0.15, 0.2) is 6.29 Å². The molecule has 7 heteroatoms. The van der Waals surface area contributed by atoms with E-state index in [1.807, 2.05) is 0 Å². The van der Waals surface area contributed by atoms with Gasteiger partial charge in [-0.25, -0.2) is 0 Å². The smallest absolute Gasteiger partial charge is 0.187 e. The summed E-state index contributed by atoms with van der Waals surface area (Å²) in [7, 11) is 11.2. The lowest BCUT2D eigenvalue weighted by molar-refractivity contribution is -0.891. The molecule has 0 amide bonds. The molecule has 1 heterocycles. The van der Waals surface area contributed by atoms with E-state index < -0.39 is 6.29 Å². The molecule has 0 N–H and O–H groups in total. The third kappa shape index (κ3) is 11.8. The summed E-state index contributed by atoms with van der Waals surface area (Å²) >= 11 is 0. The molecule has 0 radical (unpaired) electrons. The van der Waals surface area contributed by atoms with Crippen LogP contribution in [0, 0.1) is 0 Å². The lowest BCUT2D eigenvalue weighted by Gasteiger charge is -2.44. The van der Waals surface area contributed by atoms with Crippen LogP contribution in [-0.4, -0.2) is 104 Å². The third-order valence-corrected chi connectivity index (χ3v) is 6.83. The molecule has 33 heavy (non-hydrogen) atoms. The summed E-state index contributed by atoms with van der Waals surface area (Å²) in [4.78, 5) is 0. The second kappa shape index (κ2) is 18.1. The van der Waals surface area contributed by atoms with Crippen molar-refractivity contribution in [2.75, 3.05) is 68.8 Å². The van der Waals surface area contributed by atoms with Crippen LogP contribution in [0.3, 0.4) is 0 Å². The van der Waals surface area contributed by atoms with E-state index >= 15 is 0 Å². The van der Waals surface area contributed by atoms with Crippen molar-refractivity contribution in [3.05, 3.63) is 0 Å². The molecule has 1 aliphatic rings. The Morgan fingerprint density at radius 1 is 0.667 bits per heavy atom. The van der Waals surface area contributed by atoms with Crippen LogP contribution in [-0.2, 0) is 28.4 Å². The summed E-state index contributed by atoms with van der Waals surface area (Å²) in [5, 5.41) is 0. The quantitative estimate of drug-likeness (QED) is 0.192. The summed E-state index contributed by atoms with van der Waals surface area (Å²) < 4.78 is 35.6. The molecule has 0 aromatic rings. The molecule has 5 unspecified atom stereocenters. The largest absolute Gasteiger partial charge is 0.382 e. The number of methoxy groups -OCH3 is 4. The van der Waals surface area contributed by atoms with E-state index in [0.717, 1.165) is 17.6 Å². The SMILES string of the molecule is CCCCCCCCCCCC[N+](C)(C)CCOC1OC(COC)C(OC)C(OC)C1OC. The van der Waals surface area contributed by atoms with Crippen molar-refractivity contribution in [1.82, 2.24) is 0 Å². The lowest BCUT2D eigenvalue weighted by atomic mass is 9.98. The van der Waals surface area contributed by atoms with Crippen LogP contribution in [0.15, 0.2) is 0 Å². The van der Waals surface area contributed by atoms with Gasteiger partial charge in [0, 0.05) is 28.4 Å². The number of rotatable bonds is 20. The summed E-state index contributed by atoms with van der Waals surface area (Å²) in [6.45, 7) is 5.38. The van der Waals surface area contributed by atoms with Crippen LogP contribution in [0.4, 0.5) is 0 Å². The van der Waals surface area contributed by atoms with Crippen LogP contribution in [0.5, 0.6) is 0 Å². The predicted octanol–water partition coefficient (Wildman–Crippen LogP) is 4.42. The maximum Gasteiger partial charge on any atom is 0.187 e. The number of quaternary nitrogens is 1. The molecule has 0 spiro atoms. The zero-order valence-corrected chi connectivity index (χ0v) is 22.7. The van der Waals surface area contributed by atoms with Gasteiger partial charge >= 0.3 is 0 Å². The van der Waals surface area contributed by atoms with Gasteiger partial charge in [0.2, 0.25) is 0 Å². The highest BCUT2D eigenvalue weighted by Gasteiger charge is 2.47. The highest BCUT2D eigenvalue weighted by Crippen LogP contribution is 2.28. The van der Waals surface area contributed by atoms with Gasteiger partial charge in [0.05, 0.1) is 33.9 Å². The number of unbranched alkanes of at least 4 members (excludes halogenated alkanes) is 9. The van der Waals surface area contributed by atoms with E-state index in [2.05, 4.69) is 21.0 Å². The first-order valence-corrected chi connectivity index (χ1v) is 13.1. The van der Waals surface area contributed by atoms with Crippen LogP contribution in [0.1, 0.15) is 71.1 Å². The van der Waals surface area contributed by atoms with Gasteiger partial charge < -0.3 is 32.9 Å². The fourth-order valence-corrected chi connectivity index (χ4v) is 4.67. The fourth-order valence-electron chi connectivity index (χ4n) is 4.67. The van der Waals surface area contributed by atoms with Crippen LogP contribution in [0.25, 0.3) is 0 Å². The van der Waals surface area contributed by atoms with Gasteiger partial charge in [0.25, 0.3) is 0 Å². The number of likely N-dealkylation sites (N-methyl/N-ethyl adjacent to an activating group) is 1. The topological polar surface area (TPSA) is 55.4 Å². The molecular weight excluding hydrogens is 422 g/mol. The maximum atomic E-state index is 6.17. The lowest BCUT2D eigenvalue weighted by Crippen LogP contribution is -2.61. The highest BCUT2D eigenvalue weighted by atomic mass is 16.7. The molecule has 0 aliphatic carbocycles. The van der Waals surface area contributed by atoms with Crippen molar-refractivity contribution >= 4 is 0 Å². The fraction of sp³-hybridized carbons (Fsp3) is 1.00. The Labute approximate surface area is 204 Å². The molecule has 0 saturated carbocycles. The normalized spacial score (nSPS) is 26.1. The molecule has 0 bridgehead atoms.